The quantitative estimate of drug-likeness (QED) is 0.385. The summed E-state index contributed by atoms with van der Waals surface area (Å²) < 4.78 is 10.4. The number of anilines is 1. The van der Waals surface area contributed by atoms with E-state index in [-0.39, 0.29) is 35.3 Å². The van der Waals surface area contributed by atoms with Crippen molar-refractivity contribution in [1.29, 1.82) is 0 Å². The molecular weight excluding hydrogens is 510 g/mol. The second-order valence-corrected chi connectivity index (χ2v) is 11.6. The maximum absolute atomic E-state index is 13.7. The van der Waals surface area contributed by atoms with Gasteiger partial charge in [-0.1, -0.05) is 5.92 Å². The first kappa shape index (κ1) is 28.4. The van der Waals surface area contributed by atoms with E-state index in [1.807, 2.05) is 4.57 Å². The van der Waals surface area contributed by atoms with E-state index in [1.54, 1.807) is 14.0 Å². The van der Waals surface area contributed by atoms with Gasteiger partial charge in [0.05, 0.1) is 12.5 Å². The van der Waals surface area contributed by atoms with Crippen molar-refractivity contribution in [3.8, 4) is 11.8 Å². The second-order valence-electron chi connectivity index (χ2n) is 11.6. The molecule has 0 amide bonds. The number of piperidine rings is 2. The molecule has 2 aliphatic heterocycles. The molecule has 1 atom stereocenters. The second kappa shape index (κ2) is 12.6. The Bertz CT molecular complexity index is 1380. The minimum absolute atomic E-state index is 0.0238. The van der Waals surface area contributed by atoms with E-state index in [2.05, 4.69) is 21.6 Å². The number of rotatable bonds is 8. The lowest BCUT2D eigenvalue weighted by atomic mass is 9.97. The van der Waals surface area contributed by atoms with E-state index in [1.165, 1.54) is 9.13 Å². The van der Waals surface area contributed by atoms with Crippen molar-refractivity contribution in [2.75, 3.05) is 37.6 Å². The van der Waals surface area contributed by atoms with Crippen LogP contribution in [0.2, 0.25) is 0 Å². The Kier molecular flexibility index (Phi) is 8.96. The third-order valence-corrected chi connectivity index (χ3v) is 8.73. The third kappa shape index (κ3) is 5.98. The van der Waals surface area contributed by atoms with E-state index < -0.39 is 0 Å². The highest BCUT2D eigenvalue weighted by molar-refractivity contribution is 5.75. The van der Waals surface area contributed by atoms with Crippen LogP contribution in [0.3, 0.4) is 0 Å². The summed E-state index contributed by atoms with van der Waals surface area (Å²) in [5.74, 6) is 6.57. The lowest BCUT2D eigenvalue weighted by molar-refractivity contribution is -0.155. The zero-order chi connectivity index (χ0) is 28.2. The van der Waals surface area contributed by atoms with Crippen LogP contribution in [0.4, 0.5) is 5.95 Å². The average molecular weight is 554 g/mol. The standard InChI is InChI=1S/C29H43N7O4/c1-3-4-16-35-24-25(31-28(35)34-15-7-9-22(30)20-34)32(2)29(39)36(26(24)37)17-8-14-33-18-12-21(13-19-33)27(38)40-23-10-5-6-11-23/h21-23H,5-20,30H2,1-2H3/t22-/m1/s1. The molecule has 0 bridgehead atoms. The van der Waals surface area contributed by atoms with Gasteiger partial charge in [-0.15, -0.1) is 5.92 Å². The summed E-state index contributed by atoms with van der Waals surface area (Å²) in [6.45, 7) is 6.26. The highest BCUT2D eigenvalue weighted by Crippen LogP contribution is 2.26. The van der Waals surface area contributed by atoms with Gasteiger partial charge in [0.15, 0.2) is 11.2 Å². The Hall–Kier alpha value is -3.10. The highest BCUT2D eigenvalue weighted by atomic mass is 16.5. The summed E-state index contributed by atoms with van der Waals surface area (Å²) >= 11 is 0. The van der Waals surface area contributed by atoms with Crippen LogP contribution in [0.1, 0.15) is 64.7 Å². The lowest BCUT2D eigenvalue weighted by Crippen LogP contribution is -2.44. The van der Waals surface area contributed by atoms with Gasteiger partial charge in [-0.25, -0.2) is 4.79 Å². The van der Waals surface area contributed by atoms with Crippen molar-refractivity contribution < 1.29 is 9.53 Å². The van der Waals surface area contributed by atoms with Crippen molar-refractivity contribution in [2.45, 2.75) is 89.9 Å². The molecule has 11 heteroatoms. The third-order valence-electron chi connectivity index (χ3n) is 8.73. The number of imidazole rings is 1. The predicted molar refractivity (Wildman–Crippen MR) is 154 cm³/mol. The Morgan fingerprint density at radius 3 is 2.48 bits per heavy atom. The Morgan fingerprint density at radius 2 is 1.77 bits per heavy atom. The number of nitrogens with two attached hydrogens (primary N) is 1. The van der Waals surface area contributed by atoms with Gasteiger partial charge in [0, 0.05) is 32.7 Å². The van der Waals surface area contributed by atoms with E-state index in [0.29, 0.717) is 43.2 Å². The summed E-state index contributed by atoms with van der Waals surface area (Å²) in [5, 5.41) is 0. The van der Waals surface area contributed by atoms with E-state index in [0.717, 1.165) is 77.5 Å². The van der Waals surface area contributed by atoms with Crippen molar-refractivity contribution in [3.05, 3.63) is 20.8 Å². The summed E-state index contributed by atoms with van der Waals surface area (Å²) in [6, 6.07) is 0.0442. The van der Waals surface area contributed by atoms with Gasteiger partial charge >= 0.3 is 11.7 Å². The van der Waals surface area contributed by atoms with Crippen LogP contribution in [0, 0.1) is 17.8 Å². The molecule has 2 N–H and O–H groups in total. The minimum Gasteiger partial charge on any atom is -0.462 e. The normalized spacial score (nSPS) is 21.1. The molecule has 3 fully saturated rings. The first-order valence-corrected chi connectivity index (χ1v) is 14.9. The molecule has 40 heavy (non-hydrogen) atoms. The molecule has 3 aliphatic rings. The lowest BCUT2D eigenvalue weighted by Gasteiger charge is -2.31. The number of carbonyl (C=O) groups excluding carboxylic acids is 1. The van der Waals surface area contributed by atoms with Crippen LogP contribution >= 0.6 is 0 Å². The molecule has 4 heterocycles. The summed E-state index contributed by atoms with van der Waals surface area (Å²) in [7, 11) is 1.67. The number of esters is 1. The summed E-state index contributed by atoms with van der Waals surface area (Å²) in [5.41, 5.74) is 6.32. The topological polar surface area (TPSA) is 121 Å². The molecule has 0 aromatic carbocycles. The fourth-order valence-electron chi connectivity index (χ4n) is 6.41. The van der Waals surface area contributed by atoms with Gasteiger partial charge in [0.1, 0.15) is 6.10 Å². The number of aromatic nitrogens is 4. The van der Waals surface area contributed by atoms with Crippen molar-refractivity contribution in [3.63, 3.8) is 0 Å². The van der Waals surface area contributed by atoms with Crippen molar-refractivity contribution >= 4 is 23.1 Å². The Labute approximate surface area is 235 Å². The summed E-state index contributed by atoms with van der Waals surface area (Å²) in [4.78, 5) is 48.7. The largest absolute Gasteiger partial charge is 0.462 e. The molecule has 2 aromatic rings. The van der Waals surface area contributed by atoms with Crippen LogP contribution in [0.5, 0.6) is 0 Å². The molecule has 0 radical (unpaired) electrons. The number of hydrogen-bond donors (Lipinski definition) is 1. The number of carbonyl (C=O) groups is 1. The van der Waals surface area contributed by atoms with E-state index in [9.17, 15) is 14.4 Å². The molecule has 218 valence electrons. The minimum atomic E-state index is -0.362. The number of nitrogens with zero attached hydrogens (tertiary/aromatic N) is 6. The molecular formula is C29H43N7O4. The molecule has 0 unspecified atom stereocenters. The van der Waals surface area contributed by atoms with Gasteiger partial charge in [-0.3, -0.25) is 23.3 Å². The molecule has 2 saturated heterocycles. The molecule has 0 spiro atoms. The Balaban J connectivity index is 1.27. The SMILES string of the molecule is CC#CCn1c(N2CCC[C@@H](N)C2)nc2c1c(=O)n(CCCN1CCC(C(=O)OC3CCCC3)CC1)c(=O)n2C. The first-order chi connectivity index (χ1) is 19.4. The van der Waals surface area contributed by atoms with Crippen LogP contribution < -0.4 is 21.9 Å². The number of hydrogen-bond acceptors (Lipinski definition) is 8. The maximum Gasteiger partial charge on any atom is 0.332 e. The zero-order valence-corrected chi connectivity index (χ0v) is 23.9. The maximum atomic E-state index is 13.7. The zero-order valence-electron chi connectivity index (χ0n) is 23.9. The summed E-state index contributed by atoms with van der Waals surface area (Å²) in [6.07, 6.45) is 8.56. The number of aryl methyl sites for hydroxylation is 1. The molecule has 1 saturated carbocycles. The van der Waals surface area contributed by atoms with Gasteiger partial charge in [0.25, 0.3) is 5.56 Å². The molecule has 5 rings (SSSR count). The number of ether oxygens (including phenoxy) is 1. The van der Waals surface area contributed by atoms with Crippen LogP contribution in [-0.4, -0.2) is 74.4 Å². The van der Waals surface area contributed by atoms with Crippen molar-refractivity contribution in [1.82, 2.24) is 23.6 Å². The van der Waals surface area contributed by atoms with Gasteiger partial charge < -0.3 is 20.3 Å². The fourth-order valence-corrected chi connectivity index (χ4v) is 6.41. The Morgan fingerprint density at radius 1 is 1.02 bits per heavy atom. The first-order valence-electron chi connectivity index (χ1n) is 14.9. The number of fused-ring (bicyclic) bond motifs is 1. The molecule has 2 aromatic heterocycles. The number of likely N-dealkylation sites (tertiary alicyclic amines) is 1. The van der Waals surface area contributed by atoms with E-state index >= 15 is 0 Å². The average Bonchev–Trinajstić information content (AvgIpc) is 3.61. The van der Waals surface area contributed by atoms with Gasteiger partial charge in [0.2, 0.25) is 5.95 Å². The van der Waals surface area contributed by atoms with Gasteiger partial charge in [-0.2, -0.15) is 4.98 Å². The highest BCUT2D eigenvalue weighted by Gasteiger charge is 2.29. The van der Waals surface area contributed by atoms with Crippen LogP contribution in [-0.2, 0) is 29.7 Å². The molecule has 11 nitrogen and oxygen atoms in total. The molecule has 1 aliphatic carbocycles. The van der Waals surface area contributed by atoms with E-state index in [4.69, 9.17) is 15.5 Å². The van der Waals surface area contributed by atoms with Crippen LogP contribution in [0.15, 0.2) is 9.59 Å². The van der Waals surface area contributed by atoms with Crippen LogP contribution in [0.25, 0.3) is 11.2 Å². The predicted octanol–water partition coefficient (Wildman–Crippen LogP) is 1.44. The monoisotopic (exact) mass is 553 g/mol. The van der Waals surface area contributed by atoms with Crippen molar-refractivity contribution in [2.24, 2.45) is 18.7 Å². The fraction of sp³-hybridized carbons (Fsp3) is 0.724. The smallest absolute Gasteiger partial charge is 0.332 e. The van der Waals surface area contributed by atoms with Gasteiger partial charge in [-0.05, 0) is 84.3 Å².